The Labute approximate surface area is 89.6 Å². The molecule has 1 aromatic rings. The Morgan fingerprint density at radius 1 is 1.33 bits per heavy atom. The van der Waals surface area contributed by atoms with Gasteiger partial charge >= 0.3 is 5.97 Å². The molecule has 0 unspecified atom stereocenters. The number of H-pyrrole nitrogens is 1. The number of aromatic amines is 1. The van der Waals surface area contributed by atoms with Crippen LogP contribution in [0.3, 0.4) is 0 Å². The van der Waals surface area contributed by atoms with E-state index in [-0.39, 0.29) is 5.97 Å². The van der Waals surface area contributed by atoms with Gasteiger partial charge < -0.3 is 14.5 Å². The van der Waals surface area contributed by atoms with Crippen molar-refractivity contribution < 1.29 is 14.3 Å². The molecule has 15 heavy (non-hydrogen) atoms. The second-order valence-electron chi connectivity index (χ2n) is 3.46. The van der Waals surface area contributed by atoms with Crippen LogP contribution in [0.2, 0.25) is 0 Å². The van der Waals surface area contributed by atoms with Crippen molar-refractivity contribution in [2.24, 2.45) is 0 Å². The highest BCUT2D eigenvalue weighted by atomic mass is 16.5. The zero-order valence-corrected chi connectivity index (χ0v) is 9.64. The smallest absolute Gasteiger partial charge is 0.305 e. The van der Waals surface area contributed by atoms with Crippen LogP contribution in [-0.2, 0) is 16.0 Å². The molecule has 84 valence electrons. The Kier molecular flexibility index (Phi) is 3.77. The third-order valence-electron chi connectivity index (χ3n) is 2.56. The largest absolute Gasteiger partial charge is 0.482 e. The number of rotatable bonds is 4. The molecule has 1 aromatic heterocycles. The first-order valence-corrected chi connectivity index (χ1v) is 4.89. The lowest BCUT2D eigenvalue weighted by Crippen LogP contribution is -2.02. The fourth-order valence-electron chi connectivity index (χ4n) is 1.67. The summed E-state index contributed by atoms with van der Waals surface area (Å²) in [5.74, 6) is 0.585. The summed E-state index contributed by atoms with van der Waals surface area (Å²) in [5, 5.41) is 0. The molecule has 0 aliphatic rings. The first kappa shape index (κ1) is 11.6. The molecule has 0 aliphatic carbocycles. The topological polar surface area (TPSA) is 51.3 Å². The van der Waals surface area contributed by atoms with Crippen molar-refractivity contribution in [1.29, 1.82) is 0 Å². The van der Waals surface area contributed by atoms with Gasteiger partial charge in [-0.25, -0.2) is 0 Å². The van der Waals surface area contributed by atoms with Gasteiger partial charge in [-0.15, -0.1) is 0 Å². The third kappa shape index (κ3) is 2.52. The van der Waals surface area contributed by atoms with Crippen LogP contribution < -0.4 is 4.74 Å². The van der Waals surface area contributed by atoms with E-state index in [0.717, 1.165) is 22.7 Å². The van der Waals surface area contributed by atoms with Crippen molar-refractivity contribution in [2.45, 2.75) is 26.7 Å². The molecule has 1 N–H and O–H groups in total. The maximum absolute atomic E-state index is 11.0. The highest BCUT2D eigenvalue weighted by Crippen LogP contribution is 2.24. The fraction of sp³-hybridized carbons (Fsp3) is 0.545. The summed E-state index contributed by atoms with van der Waals surface area (Å²) < 4.78 is 9.77. The molecular formula is C11H17NO3. The summed E-state index contributed by atoms with van der Waals surface area (Å²) in [7, 11) is 3.03. The summed E-state index contributed by atoms with van der Waals surface area (Å²) in [5.41, 5.74) is 3.25. The van der Waals surface area contributed by atoms with E-state index >= 15 is 0 Å². The minimum atomic E-state index is -0.186. The number of nitrogens with one attached hydrogen (secondary N) is 1. The maximum atomic E-state index is 11.0. The quantitative estimate of drug-likeness (QED) is 0.772. The fourth-order valence-corrected chi connectivity index (χ4v) is 1.67. The molecule has 4 heteroatoms. The number of carbonyl (C=O) groups excluding carboxylic acids is 1. The van der Waals surface area contributed by atoms with E-state index in [1.807, 2.05) is 13.8 Å². The summed E-state index contributed by atoms with van der Waals surface area (Å²) in [4.78, 5) is 14.2. The predicted molar refractivity (Wildman–Crippen MR) is 57.2 cm³/mol. The number of esters is 1. The van der Waals surface area contributed by atoms with Gasteiger partial charge in [0.05, 0.1) is 14.2 Å². The Morgan fingerprint density at radius 2 is 2.00 bits per heavy atom. The number of aryl methyl sites for hydroxylation is 1. The third-order valence-corrected chi connectivity index (χ3v) is 2.56. The van der Waals surface area contributed by atoms with E-state index in [2.05, 4.69) is 9.72 Å². The van der Waals surface area contributed by atoms with Crippen LogP contribution in [0, 0.1) is 13.8 Å². The van der Waals surface area contributed by atoms with Gasteiger partial charge in [0.2, 0.25) is 0 Å². The van der Waals surface area contributed by atoms with Gasteiger partial charge in [0, 0.05) is 17.7 Å². The van der Waals surface area contributed by atoms with Gasteiger partial charge in [-0.1, -0.05) is 0 Å². The maximum Gasteiger partial charge on any atom is 0.305 e. The van der Waals surface area contributed by atoms with E-state index in [1.165, 1.54) is 7.11 Å². The minimum absolute atomic E-state index is 0.186. The van der Waals surface area contributed by atoms with Crippen LogP contribution >= 0.6 is 0 Å². The average Bonchev–Trinajstić information content (AvgIpc) is 2.51. The van der Waals surface area contributed by atoms with E-state index in [1.54, 1.807) is 7.11 Å². The second-order valence-corrected chi connectivity index (χ2v) is 3.46. The first-order valence-electron chi connectivity index (χ1n) is 4.89. The van der Waals surface area contributed by atoms with E-state index in [9.17, 15) is 4.79 Å². The molecule has 1 heterocycles. The number of hydrogen-bond acceptors (Lipinski definition) is 3. The van der Waals surface area contributed by atoms with Gasteiger partial charge in [-0.2, -0.15) is 0 Å². The van der Waals surface area contributed by atoms with Crippen LogP contribution in [0.1, 0.15) is 23.2 Å². The van der Waals surface area contributed by atoms with Crippen molar-refractivity contribution in [2.75, 3.05) is 14.2 Å². The van der Waals surface area contributed by atoms with Crippen LogP contribution in [0.5, 0.6) is 5.88 Å². The number of ether oxygens (including phenoxy) is 2. The molecule has 0 aromatic carbocycles. The van der Waals surface area contributed by atoms with Crippen LogP contribution in [0.25, 0.3) is 0 Å². The second kappa shape index (κ2) is 4.87. The zero-order valence-electron chi connectivity index (χ0n) is 9.64. The van der Waals surface area contributed by atoms with Gasteiger partial charge in [0.1, 0.15) is 0 Å². The van der Waals surface area contributed by atoms with Gasteiger partial charge in [-0.05, 0) is 25.8 Å². The summed E-state index contributed by atoms with van der Waals surface area (Å²) >= 11 is 0. The lowest BCUT2D eigenvalue weighted by atomic mass is 10.1. The van der Waals surface area contributed by atoms with Crippen molar-refractivity contribution in [3.63, 3.8) is 0 Å². The molecule has 0 bridgehead atoms. The number of methoxy groups -OCH3 is 2. The van der Waals surface area contributed by atoms with E-state index in [0.29, 0.717) is 12.8 Å². The Balaban J connectivity index is 2.76. The molecule has 0 saturated heterocycles. The number of carbonyl (C=O) groups is 1. The molecule has 0 aliphatic heterocycles. The first-order chi connectivity index (χ1) is 7.10. The molecule has 0 fully saturated rings. The number of hydrogen-bond donors (Lipinski definition) is 1. The van der Waals surface area contributed by atoms with Crippen LogP contribution in [-0.4, -0.2) is 25.2 Å². The SMILES string of the molecule is COC(=O)CCc1c(C)[nH]c(OC)c1C. The normalized spacial score (nSPS) is 10.1. The molecule has 0 spiro atoms. The van der Waals surface area contributed by atoms with Gasteiger partial charge in [-0.3, -0.25) is 4.79 Å². The van der Waals surface area contributed by atoms with Crippen LogP contribution in [0.4, 0.5) is 0 Å². The molecule has 1 rings (SSSR count). The van der Waals surface area contributed by atoms with E-state index < -0.39 is 0 Å². The Hall–Kier alpha value is -1.45. The Bertz CT molecular complexity index is 355. The van der Waals surface area contributed by atoms with Gasteiger partial charge in [0.25, 0.3) is 0 Å². The van der Waals surface area contributed by atoms with Crippen molar-refractivity contribution in [1.82, 2.24) is 4.98 Å². The highest BCUT2D eigenvalue weighted by Gasteiger charge is 2.12. The van der Waals surface area contributed by atoms with Crippen molar-refractivity contribution in [3.05, 3.63) is 16.8 Å². The van der Waals surface area contributed by atoms with Crippen LogP contribution in [0.15, 0.2) is 0 Å². The minimum Gasteiger partial charge on any atom is -0.482 e. The molecular weight excluding hydrogens is 194 g/mol. The molecule has 0 amide bonds. The predicted octanol–water partition coefficient (Wildman–Crippen LogP) is 1.75. The molecule has 0 saturated carbocycles. The van der Waals surface area contributed by atoms with Crippen molar-refractivity contribution in [3.8, 4) is 5.88 Å². The number of aromatic nitrogens is 1. The molecule has 4 nitrogen and oxygen atoms in total. The van der Waals surface area contributed by atoms with Gasteiger partial charge in [0.15, 0.2) is 5.88 Å². The Morgan fingerprint density at radius 3 is 2.47 bits per heavy atom. The molecule has 0 atom stereocenters. The van der Waals surface area contributed by atoms with Crippen molar-refractivity contribution >= 4 is 5.97 Å². The standard InChI is InChI=1S/C11H17NO3/c1-7-9(5-6-10(13)14-3)8(2)12-11(7)15-4/h12H,5-6H2,1-4H3. The summed E-state index contributed by atoms with van der Waals surface area (Å²) in [6, 6.07) is 0. The summed E-state index contributed by atoms with van der Waals surface area (Å²) in [6.45, 7) is 3.96. The lowest BCUT2D eigenvalue weighted by Gasteiger charge is -2.01. The zero-order chi connectivity index (χ0) is 11.4. The highest BCUT2D eigenvalue weighted by molar-refractivity contribution is 5.69. The van der Waals surface area contributed by atoms with E-state index in [4.69, 9.17) is 4.74 Å². The lowest BCUT2D eigenvalue weighted by molar-refractivity contribution is -0.140. The monoisotopic (exact) mass is 211 g/mol. The summed E-state index contributed by atoms with van der Waals surface area (Å²) in [6.07, 6.45) is 1.09. The average molecular weight is 211 g/mol. The molecule has 0 radical (unpaired) electrons.